The lowest BCUT2D eigenvalue weighted by Gasteiger charge is -2.39. The molecule has 0 atom stereocenters. The van der Waals surface area contributed by atoms with Crippen LogP contribution in [0, 0.1) is 0 Å². The summed E-state index contributed by atoms with van der Waals surface area (Å²) in [6.07, 6.45) is 113. The van der Waals surface area contributed by atoms with Crippen LogP contribution in [0.2, 0.25) is 0 Å². The standard InChI is InChI=1S/3C34H72N.H3O4P/c3*1-5-9-13-16-19-22-25-28-32-35(31-12-8-4,33-29-26-23-20-17-14-10-6-2)34-30-27-24-21-18-15-11-7-3;1-5(2,3)4/h3*5-34H2,1-4H3;(H3,1,2,3,4)/q3*+1;/p-3. The third-order valence-electron chi connectivity index (χ3n) is 25.3. The summed E-state index contributed by atoms with van der Waals surface area (Å²) in [5.74, 6) is 0. The molecule has 110 heavy (non-hydrogen) atoms. The van der Waals surface area contributed by atoms with Crippen molar-refractivity contribution in [2.45, 2.75) is 584 Å². The number of rotatable bonds is 90. The van der Waals surface area contributed by atoms with Crippen LogP contribution in [0.25, 0.3) is 0 Å². The van der Waals surface area contributed by atoms with Gasteiger partial charge in [0.15, 0.2) is 0 Å². The Kier molecular flexibility index (Phi) is 103. The number of quaternary nitrogens is 3. The van der Waals surface area contributed by atoms with E-state index in [1.807, 2.05) is 0 Å². The fourth-order valence-electron chi connectivity index (χ4n) is 17.7. The van der Waals surface area contributed by atoms with Gasteiger partial charge in [-0.15, -0.1) is 0 Å². The summed E-state index contributed by atoms with van der Waals surface area (Å²) >= 11 is 0. The van der Waals surface area contributed by atoms with Gasteiger partial charge in [0.2, 0.25) is 0 Å². The lowest BCUT2D eigenvalue weighted by molar-refractivity contribution is -0.929. The highest BCUT2D eigenvalue weighted by Gasteiger charge is 2.28. The van der Waals surface area contributed by atoms with Gasteiger partial charge in [-0.3, -0.25) is 0 Å². The van der Waals surface area contributed by atoms with Gasteiger partial charge in [0.05, 0.1) is 78.5 Å². The number of hydrogen-bond donors (Lipinski definition) is 0. The molecule has 0 heterocycles. The van der Waals surface area contributed by atoms with E-state index in [-0.39, 0.29) is 0 Å². The summed E-state index contributed by atoms with van der Waals surface area (Å²) < 4.78 is 13.0. The molecule has 0 aromatic carbocycles. The molecular weight excluding hydrogens is 1360 g/mol. The highest BCUT2D eigenvalue weighted by Crippen LogP contribution is 2.26. The molecule has 0 fully saturated rings. The predicted molar refractivity (Wildman–Crippen MR) is 495 cm³/mol. The van der Waals surface area contributed by atoms with Gasteiger partial charge in [-0.1, -0.05) is 449 Å². The second-order valence-corrected chi connectivity index (χ2v) is 37.4. The Labute approximate surface area is 698 Å². The maximum atomic E-state index is 8.55. The molecule has 0 radical (unpaired) electrons. The molecule has 0 saturated heterocycles. The van der Waals surface area contributed by atoms with E-state index >= 15 is 0 Å². The van der Waals surface area contributed by atoms with Crippen molar-refractivity contribution in [2.24, 2.45) is 0 Å². The first-order valence-corrected chi connectivity index (χ1v) is 53.5. The van der Waals surface area contributed by atoms with Gasteiger partial charge in [-0.05, 0) is 135 Å². The molecule has 0 aromatic rings. The highest BCUT2D eigenvalue weighted by atomic mass is 31.2. The normalized spacial score (nSPS) is 12.0. The van der Waals surface area contributed by atoms with E-state index in [0.29, 0.717) is 0 Å². The van der Waals surface area contributed by atoms with Crippen LogP contribution in [0.3, 0.4) is 0 Å². The Balaban J connectivity index is -0.000000741. The zero-order valence-corrected chi connectivity index (χ0v) is 80.0. The van der Waals surface area contributed by atoms with E-state index in [4.69, 9.17) is 19.2 Å². The van der Waals surface area contributed by atoms with Crippen LogP contribution in [-0.2, 0) is 4.57 Å². The summed E-state index contributed by atoms with van der Waals surface area (Å²) in [6, 6.07) is 0. The van der Waals surface area contributed by atoms with Gasteiger partial charge in [-0.2, -0.15) is 7.82 Å². The first kappa shape index (κ1) is 116. The maximum Gasteiger partial charge on any atom is 0.0786 e. The fraction of sp³-hybridized carbons (Fsp3) is 1.00. The van der Waals surface area contributed by atoms with Crippen molar-refractivity contribution in [1.29, 1.82) is 0 Å². The van der Waals surface area contributed by atoms with Crippen molar-refractivity contribution in [1.82, 2.24) is 0 Å². The molecule has 0 aliphatic heterocycles. The molecule has 0 unspecified atom stereocenters. The van der Waals surface area contributed by atoms with E-state index in [1.165, 1.54) is 593 Å². The van der Waals surface area contributed by atoms with Crippen LogP contribution in [0.1, 0.15) is 584 Å². The van der Waals surface area contributed by atoms with Gasteiger partial charge in [-0.25, -0.2) is 0 Å². The molecule has 0 aromatic heterocycles. The van der Waals surface area contributed by atoms with Crippen molar-refractivity contribution in [2.75, 3.05) is 78.5 Å². The van der Waals surface area contributed by atoms with Gasteiger partial charge in [0.1, 0.15) is 0 Å². The fourth-order valence-corrected chi connectivity index (χ4v) is 17.7. The third-order valence-corrected chi connectivity index (χ3v) is 25.3. The van der Waals surface area contributed by atoms with Crippen molar-refractivity contribution in [3.05, 3.63) is 0 Å². The topological polar surface area (TPSA) is 86.2 Å². The Morgan fingerprint density at radius 3 is 0.273 bits per heavy atom. The van der Waals surface area contributed by atoms with Crippen LogP contribution in [-0.4, -0.2) is 92.0 Å². The van der Waals surface area contributed by atoms with Crippen molar-refractivity contribution >= 4 is 7.82 Å². The molecular formula is C102H216N3O4P. The molecule has 0 saturated carbocycles. The summed E-state index contributed by atoms with van der Waals surface area (Å²) in [7, 11) is -5.39. The van der Waals surface area contributed by atoms with Crippen LogP contribution in [0.5, 0.6) is 0 Å². The molecule has 0 spiro atoms. The van der Waals surface area contributed by atoms with Crippen molar-refractivity contribution in [3.63, 3.8) is 0 Å². The van der Waals surface area contributed by atoms with E-state index in [1.54, 1.807) is 0 Å². The first-order valence-electron chi connectivity index (χ1n) is 52.0. The molecule has 0 N–H and O–H groups in total. The second kappa shape index (κ2) is 97.8. The lowest BCUT2D eigenvalue weighted by Crippen LogP contribution is -2.50. The van der Waals surface area contributed by atoms with Crippen LogP contribution in [0.4, 0.5) is 0 Å². The van der Waals surface area contributed by atoms with Crippen LogP contribution in [0.15, 0.2) is 0 Å². The van der Waals surface area contributed by atoms with Crippen LogP contribution >= 0.6 is 7.82 Å². The molecule has 0 bridgehead atoms. The summed E-state index contributed by atoms with van der Waals surface area (Å²) in [5, 5.41) is 0. The van der Waals surface area contributed by atoms with E-state index in [0.717, 1.165) is 0 Å². The number of hydrogen-bond acceptors (Lipinski definition) is 4. The molecule has 0 amide bonds. The minimum Gasteiger partial charge on any atom is -0.822 e. The molecule has 0 aliphatic rings. The minimum atomic E-state index is -5.39. The predicted octanol–water partition coefficient (Wildman–Crippen LogP) is 33.3. The van der Waals surface area contributed by atoms with Crippen LogP contribution < -0.4 is 14.7 Å². The Hall–Kier alpha value is -0.0100. The zero-order valence-electron chi connectivity index (χ0n) is 79.1. The molecule has 0 rings (SSSR count). The van der Waals surface area contributed by atoms with Gasteiger partial charge in [0.25, 0.3) is 0 Å². The van der Waals surface area contributed by atoms with Gasteiger partial charge >= 0.3 is 0 Å². The minimum absolute atomic E-state index is 1.37. The lowest BCUT2D eigenvalue weighted by atomic mass is 10.0. The second-order valence-electron chi connectivity index (χ2n) is 36.5. The number of phosphoric acid groups is 1. The Bertz CT molecular complexity index is 1330. The first-order chi connectivity index (χ1) is 53.7. The summed E-state index contributed by atoms with van der Waals surface area (Å²) in [6.45, 7) is 45.8. The molecule has 668 valence electrons. The van der Waals surface area contributed by atoms with E-state index < -0.39 is 7.82 Å². The molecule has 7 nitrogen and oxygen atoms in total. The average Bonchev–Trinajstić information content (AvgIpc) is 0.886. The number of nitrogens with zero attached hydrogens (tertiary/aromatic N) is 3. The molecule has 0 aliphatic carbocycles. The highest BCUT2D eigenvalue weighted by molar-refractivity contribution is 7.40. The van der Waals surface area contributed by atoms with E-state index in [2.05, 4.69) is 83.1 Å². The smallest absolute Gasteiger partial charge is 0.0786 e. The Morgan fingerprint density at radius 2 is 0.191 bits per heavy atom. The van der Waals surface area contributed by atoms with Gasteiger partial charge < -0.3 is 32.7 Å². The molecule has 8 heteroatoms. The largest absolute Gasteiger partial charge is 0.822 e. The quantitative estimate of drug-likeness (QED) is 0.0345. The summed E-state index contributed by atoms with van der Waals surface area (Å²) in [4.78, 5) is 25.6. The SMILES string of the molecule is CCCCCCCCCC[N+](CCCC)(CCCCCCCCCC)CCCCCCCCCC.CCCCCCCCCC[N+](CCCC)(CCCCCCCCCC)CCCCCCCCCC.CCCCCCCCCC[N+](CCCC)(CCCCCCCCCC)CCCCCCCCCC.O=P([O-])([O-])[O-]. The Morgan fingerprint density at radius 1 is 0.127 bits per heavy atom. The average molecular weight is 1580 g/mol. The zero-order chi connectivity index (χ0) is 81.6. The van der Waals surface area contributed by atoms with Crippen molar-refractivity contribution < 1.29 is 32.7 Å². The van der Waals surface area contributed by atoms with Gasteiger partial charge in [0, 0.05) is 0 Å². The number of unbranched alkanes of at least 4 members (excludes halogenated alkanes) is 66. The summed E-state index contributed by atoms with van der Waals surface area (Å²) in [5.41, 5.74) is 0. The van der Waals surface area contributed by atoms with Crippen molar-refractivity contribution in [3.8, 4) is 0 Å². The monoisotopic (exact) mass is 1580 g/mol. The van der Waals surface area contributed by atoms with E-state index in [9.17, 15) is 0 Å². The maximum absolute atomic E-state index is 8.55. The third kappa shape index (κ3) is 95.1.